The molecular formula is C15H22O4. The molecule has 19 heavy (non-hydrogen) atoms. The van der Waals surface area contributed by atoms with Gasteiger partial charge in [-0.2, -0.15) is 0 Å². The molecule has 0 saturated carbocycles. The molecule has 2 aliphatic rings. The first-order valence-electron chi connectivity index (χ1n) is 6.86. The normalized spacial score (nSPS) is 28.1. The van der Waals surface area contributed by atoms with Gasteiger partial charge >= 0.3 is 0 Å². The third kappa shape index (κ3) is 2.55. The van der Waals surface area contributed by atoms with Gasteiger partial charge in [-0.1, -0.05) is 20.3 Å². The summed E-state index contributed by atoms with van der Waals surface area (Å²) in [5, 5.41) is 29.4. The van der Waals surface area contributed by atoms with E-state index in [1.165, 1.54) is 6.42 Å². The lowest BCUT2D eigenvalue weighted by atomic mass is 9.84. The van der Waals surface area contributed by atoms with Crippen LogP contribution < -0.4 is 0 Å². The van der Waals surface area contributed by atoms with Gasteiger partial charge in [-0.3, -0.25) is 0 Å². The van der Waals surface area contributed by atoms with Gasteiger partial charge in [0.2, 0.25) is 0 Å². The van der Waals surface area contributed by atoms with Crippen LogP contribution in [0.5, 0.6) is 11.5 Å². The zero-order chi connectivity index (χ0) is 14.0. The van der Waals surface area contributed by atoms with Crippen LogP contribution in [0.4, 0.5) is 0 Å². The predicted molar refractivity (Wildman–Crippen MR) is 72.6 cm³/mol. The second-order valence-corrected chi connectivity index (χ2v) is 5.42. The zero-order valence-corrected chi connectivity index (χ0v) is 11.5. The monoisotopic (exact) mass is 266 g/mol. The highest BCUT2D eigenvalue weighted by atomic mass is 16.5. The number of phenolic OH excluding ortho intramolecular Hbond substituents is 2. The second kappa shape index (κ2) is 5.39. The van der Waals surface area contributed by atoms with Crippen LogP contribution >= 0.6 is 0 Å². The number of ether oxygens (including phenoxy) is 1. The van der Waals surface area contributed by atoms with Gasteiger partial charge < -0.3 is 20.1 Å². The third-order valence-electron chi connectivity index (χ3n) is 3.66. The van der Waals surface area contributed by atoms with E-state index in [9.17, 15) is 15.3 Å². The van der Waals surface area contributed by atoms with Crippen molar-refractivity contribution in [3.05, 3.63) is 23.3 Å². The van der Waals surface area contributed by atoms with Crippen LogP contribution in [0.25, 0.3) is 0 Å². The third-order valence-corrected chi connectivity index (χ3v) is 3.66. The summed E-state index contributed by atoms with van der Waals surface area (Å²) in [6.07, 6.45) is 2.49. The zero-order valence-electron chi connectivity index (χ0n) is 11.5. The molecule has 0 spiro atoms. The topological polar surface area (TPSA) is 69.9 Å². The number of hydrogen-bond acceptors (Lipinski definition) is 4. The number of aromatic hydroxyl groups is 2. The van der Waals surface area contributed by atoms with Crippen molar-refractivity contribution in [3.63, 3.8) is 0 Å². The molecule has 2 atom stereocenters. The Balaban J connectivity index is 0.000000408. The Kier molecular flexibility index (Phi) is 4.02. The fourth-order valence-corrected chi connectivity index (χ4v) is 2.88. The second-order valence-electron chi connectivity index (χ2n) is 5.42. The van der Waals surface area contributed by atoms with E-state index in [4.69, 9.17) is 4.74 Å². The number of aliphatic hydroxyl groups is 1. The van der Waals surface area contributed by atoms with E-state index in [2.05, 4.69) is 13.8 Å². The SMILES string of the molecule is CCC.Oc1cc2c(cc1O)C1CCOCC1(O)C2. The summed E-state index contributed by atoms with van der Waals surface area (Å²) in [6, 6.07) is 3.11. The molecule has 1 aliphatic carbocycles. The van der Waals surface area contributed by atoms with Gasteiger partial charge in [0.25, 0.3) is 0 Å². The van der Waals surface area contributed by atoms with E-state index in [0.717, 1.165) is 17.5 Å². The summed E-state index contributed by atoms with van der Waals surface area (Å²) in [4.78, 5) is 0. The van der Waals surface area contributed by atoms with Gasteiger partial charge in [0, 0.05) is 18.9 Å². The van der Waals surface area contributed by atoms with E-state index in [1.54, 1.807) is 12.1 Å². The number of phenols is 2. The van der Waals surface area contributed by atoms with Crippen molar-refractivity contribution in [2.45, 2.75) is 44.6 Å². The van der Waals surface area contributed by atoms with E-state index < -0.39 is 5.60 Å². The summed E-state index contributed by atoms with van der Waals surface area (Å²) >= 11 is 0. The van der Waals surface area contributed by atoms with E-state index in [1.807, 2.05) is 0 Å². The quantitative estimate of drug-likeness (QED) is 0.630. The lowest BCUT2D eigenvalue weighted by Crippen LogP contribution is -2.43. The molecule has 0 aromatic heterocycles. The van der Waals surface area contributed by atoms with Crippen LogP contribution in [0.15, 0.2) is 12.1 Å². The number of benzene rings is 1. The Labute approximate surface area is 113 Å². The Bertz CT molecular complexity index is 458. The minimum Gasteiger partial charge on any atom is -0.504 e. The van der Waals surface area contributed by atoms with Crippen LogP contribution in [0.1, 0.15) is 43.7 Å². The lowest BCUT2D eigenvalue weighted by molar-refractivity contribution is -0.0923. The highest BCUT2D eigenvalue weighted by Crippen LogP contribution is 2.48. The fraction of sp³-hybridized carbons (Fsp3) is 0.600. The average Bonchev–Trinajstić information content (AvgIpc) is 2.63. The van der Waals surface area contributed by atoms with Crippen molar-refractivity contribution >= 4 is 0 Å². The van der Waals surface area contributed by atoms with Gasteiger partial charge in [0.05, 0.1) is 12.2 Å². The Morgan fingerprint density at radius 3 is 2.58 bits per heavy atom. The molecule has 1 aromatic carbocycles. The minimum absolute atomic E-state index is 0.0164. The molecule has 1 saturated heterocycles. The molecule has 4 nitrogen and oxygen atoms in total. The summed E-state index contributed by atoms with van der Waals surface area (Å²) in [7, 11) is 0. The van der Waals surface area contributed by atoms with Crippen LogP contribution in [0, 0.1) is 0 Å². The van der Waals surface area contributed by atoms with Crippen molar-refractivity contribution < 1.29 is 20.1 Å². The van der Waals surface area contributed by atoms with Crippen LogP contribution in [0.2, 0.25) is 0 Å². The minimum atomic E-state index is -0.860. The molecule has 3 rings (SSSR count). The molecule has 1 heterocycles. The molecule has 1 aliphatic heterocycles. The van der Waals surface area contributed by atoms with Gasteiger partial charge in [-0.15, -0.1) is 0 Å². The molecule has 3 N–H and O–H groups in total. The summed E-state index contributed by atoms with van der Waals surface area (Å²) in [5.41, 5.74) is 0.996. The van der Waals surface area contributed by atoms with Crippen LogP contribution in [-0.4, -0.2) is 34.1 Å². The van der Waals surface area contributed by atoms with E-state index >= 15 is 0 Å². The molecule has 1 aromatic rings. The molecule has 1 fully saturated rings. The smallest absolute Gasteiger partial charge is 0.157 e. The summed E-state index contributed by atoms with van der Waals surface area (Å²) in [6.45, 7) is 5.21. The van der Waals surface area contributed by atoms with Gasteiger partial charge in [0.15, 0.2) is 11.5 Å². The molecule has 0 amide bonds. The molecule has 0 bridgehead atoms. The van der Waals surface area contributed by atoms with Crippen molar-refractivity contribution in [2.24, 2.45) is 0 Å². The van der Waals surface area contributed by atoms with Crippen molar-refractivity contribution in [1.82, 2.24) is 0 Å². The average molecular weight is 266 g/mol. The van der Waals surface area contributed by atoms with E-state index in [0.29, 0.717) is 19.6 Å². The largest absolute Gasteiger partial charge is 0.504 e. The van der Waals surface area contributed by atoms with Crippen molar-refractivity contribution in [3.8, 4) is 11.5 Å². The molecule has 0 radical (unpaired) electrons. The maximum atomic E-state index is 10.4. The first-order valence-corrected chi connectivity index (χ1v) is 6.86. The number of hydrogen-bond donors (Lipinski definition) is 3. The fourth-order valence-electron chi connectivity index (χ4n) is 2.88. The molecule has 106 valence electrons. The Morgan fingerprint density at radius 2 is 1.89 bits per heavy atom. The standard InChI is InChI=1S/C12H14O4.C3H8/c13-10-3-7-5-12(15)6-16-2-1-9(12)8(7)4-11(10)14;1-3-2/h3-4,9,13-15H,1-2,5-6H2;3H2,1-2H3. The van der Waals surface area contributed by atoms with Gasteiger partial charge in [0.1, 0.15) is 0 Å². The van der Waals surface area contributed by atoms with Gasteiger partial charge in [-0.05, 0) is 29.7 Å². The Hall–Kier alpha value is -1.26. The highest BCUT2D eigenvalue weighted by molar-refractivity contribution is 5.51. The number of rotatable bonds is 0. The van der Waals surface area contributed by atoms with Crippen LogP contribution in [-0.2, 0) is 11.2 Å². The number of fused-ring (bicyclic) bond motifs is 3. The molecule has 4 heteroatoms. The first kappa shape index (κ1) is 14.2. The summed E-state index contributed by atoms with van der Waals surface area (Å²) < 4.78 is 5.30. The first-order chi connectivity index (χ1) is 9.01. The summed E-state index contributed by atoms with van der Waals surface area (Å²) in [5.74, 6) is -0.223. The maximum Gasteiger partial charge on any atom is 0.157 e. The van der Waals surface area contributed by atoms with E-state index in [-0.39, 0.29) is 17.4 Å². The maximum absolute atomic E-state index is 10.4. The van der Waals surface area contributed by atoms with Crippen molar-refractivity contribution in [2.75, 3.05) is 13.2 Å². The molecular weight excluding hydrogens is 244 g/mol. The predicted octanol–water partition coefficient (Wildman–Crippen LogP) is 2.31. The van der Waals surface area contributed by atoms with Crippen molar-refractivity contribution in [1.29, 1.82) is 0 Å². The molecule has 2 unspecified atom stereocenters. The Morgan fingerprint density at radius 1 is 1.26 bits per heavy atom. The highest BCUT2D eigenvalue weighted by Gasteiger charge is 2.47. The van der Waals surface area contributed by atoms with Gasteiger partial charge in [-0.25, -0.2) is 0 Å². The lowest BCUT2D eigenvalue weighted by Gasteiger charge is -2.34. The van der Waals surface area contributed by atoms with Crippen LogP contribution in [0.3, 0.4) is 0 Å².